The van der Waals surface area contributed by atoms with E-state index in [0.717, 1.165) is 36.8 Å². The Morgan fingerprint density at radius 2 is 2.04 bits per heavy atom. The van der Waals surface area contributed by atoms with E-state index in [9.17, 15) is 13.2 Å². The highest BCUT2D eigenvalue weighted by atomic mass is 32.3. The number of rotatable bonds is 4. The molecular weight excluding hydrogens is 352 g/mol. The van der Waals surface area contributed by atoms with Gasteiger partial charge in [0.05, 0.1) is 12.1 Å². The predicted octanol–water partition coefficient (Wildman–Crippen LogP) is 0.817. The number of fused-ring (bicyclic) bond motifs is 2. The highest BCUT2D eigenvalue weighted by Gasteiger charge is 2.48. The molecule has 3 saturated heterocycles. The second-order valence-corrected chi connectivity index (χ2v) is 7.69. The van der Waals surface area contributed by atoms with Gasteiger partial charge >= 0.3 is 16.4 Å². The van der Waals surface area contributed by atoms with Crippen LogP contribution in [0.25, 0.3) is 0 Å². The summed E-state index contributed by atoms with van der Waals surface area (Å²) in [7, 11) is -4.73. The van der Waals surface area contributed by atoms with Crippen LogP contribution in [0.2, 0.25) is 0 Å². The van der Waals surface area contributed by atoms with Crippen LogP contribution in [-0.4, -0.2) is 59.8 Å². The molecule has 0 unspecified atom stereocenters. The Bertz CT molecular complexity index is 759. The van der Waals surface area contributed by atoms with Crippen molar-refractivity contribution in [1.82, 2.24) is 20.4 Å². The average molecular weight is 372 g/mol. The maximum absolute atomic E-state index is 12.4. The zero-order valence-corrected chi connectivity index (χ0v) is 14.3. The molecule has 3 fully saturated rings. The van der Waals surface area contributed by atoms with E-state index in [1.54, 1.807) is 0 Å². The smallest absolute Gasteiger partial charge is 0.361 e. The Labute approximate surface area is 145 Å². The fourth-order valence-electron chi connectivity index (χ4n) is 3.90. The summed E-state index contributed by atoms with van der Waals surface area (Å²) < 4.78 is 40.7. The number of piperidine rings is 2. The van der Waals surface area contributed by atoms with Crippen LogP contribution in [0, 0.1) is 0 Å². The molecule has 2 atom stereocenters. The molecule has 2 amide bonds. The minimum atomic E-state index is -4.73. The number of hydrogen-bond acceptors (Lipinski definition) is 7. The van der Waals surface area contributed by atoms with Crippen LogP contribution in [0.5, 0.6) is 0 Å². The van der Waals surface area contributed by atoms with Crippen molar-refractivity contribution in [3.8, 4) is 0 Å². The molecule has 1 aromatic rings. The quantitative estimate of drug-likeness (QED) is 0.744. The van der Waals surface area contributed by atoms with E-state index < -0.39 is 22.5 Å². The number of carbonyl (C=O) groups is 1. The van der Waals surface area contributed by atoms with Crippen molar-refractivity contribution in [2.24, 2.45) is 0 Å². The van der Waals surface area contributed by atoms with Gasteiger partial charge in [0.2, 0.25) is 0 Å². The monoisotopic (exact) mass is 372 g/mol. The van der Waals surface area contributed by atoms with Crippen LogP contribution in [0.4, 0.5) is 4.79 Å². The van der Waals surface area contributed by atoms with Crippen LogP contribution in [0.3, 0.4) is 0 Å². The Balaban J connectivity index is 1.51. The first kappa shape index (κ1) is 16.8. The summed E-state index contributed by atoms with van der Waals surface area (Å²) in [6.45, 7) is 2.21. The average Bonchev–Trinajstić information content (AvgIpc) is 3.16. The molecule has 10 nitrogen and oxygen atoms in total. The third-order valence-electron chi connectivity index (χ3n) is 5.13. The SMILES string of the molecule is O=C1N2C[C@H](CC[C@H]2c2cc(C3CCNCC3)on2)N1OS(=O)(=O)O. The molecule has 138 valence electrons. The lowest BCUT2D eigenvalue weighted by molar-refractivity contribution is -0.0317. The molecule has 1 aromatic heterocycles. The molecule has 0 radical (unpaired) electrons. The summed E-state index contributed by atoms with van der Waals surface area (Å²) in [5.74, 6) is 1.16. The minimum absolute atomic E-state index is 0.280. The van der Waals surface area contributed by atoms with Crippen LogP contribution >= 0.6 is 0 Å². The van der Waals surface area contributed by atoms with E-state index in [1.807, 2.05) is 6.07 Å². The molecule has 2 N–H and O–H groups in total. The normalized spacial score (nSPS) is 28.0. The summed E-state index contributed by atoms with van der Waals surface area (Å²) in [5.41, 5.74) is 0.675. The molecular formula is C14H20N4O6S. The third-order valence-corrected chi connectivity index (χ3v) is 5.48. The van der Waals surface area contributed by atoms with Crippen molar-refractivity contribution in [3.05, 3.63) is 17.5 Å². The van der Waals surface area contributed by atoms with Gasteiger partial charge < -0.3 is 14.7 Å². The van der Waals surface area contributed by atoms with Gasteiger partial charge in [0, 0.05) is 18.5 Å². The Kier molecular flexibility index (Phi) is 4.18. The fourth-order valence-corrected chi connectivity index (χ4v) is 4.29. The van der Waals surface area contributed by atoms with Crippen molar-refractivity contribution in [1.29, 1.82) is 0 Å². The van der Waals surface area contributed by atoms with E-state index >= 15 is 0 Å². The highest BCUT2D eigenvalue weighted by molar-refractivity contribution is 7.80. The number of urea groups is 1. The summed E-state index contributed by atoms with van der Waals surface area (Å²) in [6, 6.07) is 0.636. The molecule has 25 heavy (non-hydrogen) atoms. The van der Waals surface area contributed by atoms with Crippen molar-refractivity contribution >= 4 is 16.4 Å². The number of aromatic nitrogens is 1. The molecule has 2 bridgehead atoms. The van der Waals surface area contributed by atoms with E-state index in [-0.39, 0.29) is 6.04 Å². The van der Waals surface area contributed by atoms with Gasteiger partial charge in [-0.2, -0.15) is 13.5 Å². The zero-order valence-electron chi connectivity index (χ0n) is 13.5. The number of amides is 2. The van der Waals surface area contributed by atoms with Crippen molar-refractivity contribution in [2.45, 2.75) is 43.7 Å². The number of hydrogen-bond donors (Lipinski definition) is 2. The summed E-state index contributed by atoms with van der Waals surface area (Å²) in [6.07, 6.45) is 3.15. The Morgan fingerprint density at radius 1 is 1.28 bits per heavy atom. The lowest BCUT2D eigenvalue weighted by atomic mass is 9.93. The van der Waals surface area contributed by atoms with Gasteiger partial charge in [-0.25, -0.2) is 4.79 Å². The van der Waals surface area contributed by atoms with Gasteiger partial charge in [-0.3, -0.25) is 4.55 Å². The minimum Gasteiger partial charge on any atom is -0.361 e. The van der Waals surface area contributed by atoms with E-state index in [2.05, 4.69) is 14.8 Å². The number of hydroxylamine groups is 2. The lowest BCUT2D eigenvalue weighted by Gasteiger charge is -2.28. The largest absolute Gasteiger partial charge is 0.418 e. The van der Waals surface area contributed by atoms with E-state index in [1.165, 1.54) is 4.90 Å². The first-order chi connectivity index (χ1) is 11.9. The molecule has 11 heteroatoms. The summed E-state index contributed by atoms with van der Waals surface area (Å²) in [5, 5.41) is 8.19. The maximum atomic E-state index is 12.4. The van der Waals surface area contributed by atoms with Crippen LogP contribution in [-0.2, 0) is 14.7 Å². The number of nitrogens with one attached hydrogen (secondary N) is 1. The third kappa shape index (κ3) is 3.24. The standard InChI is InChI=1S/C14H20N4O6S/c19-14-17-8-10(18(14)24-25(20,21)22)1-2-12(17)11-7-13(23-16-11)9-3-5-15-6-4-9/h7,9-10,12,15H,1-6,8H2,(H,20,21,22)/t10-,12-/m0/s1. The Morgan fingerprint density at radius 3 is 2.76 bits per heavy atom. The van der Waals surface area contributed by atoms with Crippen molar-refractivity contribution < 1.29 is 26.6 Å². The molecule has 0 aromatic carbocycles. The van der Waals surface area contributed by atoms with Gasteiger partial charge in [-0.1, -0.05) is 5.16 Å². The van der Waals surface area contributed by atoms with Gasteiger partial charge in [-0.15, -0.1) is 4.28 Å². The fraction of sp³-hybridized carbons (Fsp3) is 0.714. The maximum Gasteiger partial charge on any atom is 0.418 e. The second kappa shape index (κ2) is 6.24. The number of nitrogens with zero attached hydrogens (tertiary/aromatic N) is 3. The van der Waals surface area contributed by atoms with E-state index in [0.29, 0.717) is 31.0 Å². The second-order valence-electron chi connectivity index (χ2n) is 6.69. The van der Waals surface area contributed by atoms with E-state index in [4.69, 9.17) is 9.08 Å². The Hall–Kier alpha value is -1.69. The first-order valence-corrected chi connectivity index (χ1v) is 9.73. The first-order valence-electron chi connectivity index (χ1n) is 8.36. The molecule has 0 spiro atoms. The molecule has 0 aliphatic carbocycles. The molecule has 4 heterocycles. The predicted molar refractivity (Wildman–Crippen MR) is 83.7 cm³/mol. The lowest BCUT2D eigenvalue weighted by Crippen LogP contribution is -2.35. The zero-order chi connectivity index (χ0) is 17.6. The molecule has 0 saturated carbocycles. The molecule has 4 rings (SSSR count). The molecule has 3 aliphatic rings. The van der Waals surface area contributed by atoms with Gasteiger partial charge in [-0.05, 0) is 38.8 Å². The van der Waals surface area contributed by atoms with Crippen LogP contribution in [0.1, 0.15) is 49.1 Å². The van der Waals surface area contributed by atoms with Crippen LogP contribution < -0.4 is 5.32 Å². The molecule has 3 aliphatic heterocycles. The van der Waals surface area contributed by atoms with Crippen molar-refractivity contribution in [3.63, 3.8) is 0 Å². The highest BCUT2D eigenvalue weighted by Crippen LogP contribution is 2.39. The summed E-state index contributed by atoms with van der Waals surface area (Å²) >= 11 is 0. The summed E-state index contributed by atoms with van der Waals surface area (Å²) in [4.78, 5) is 14.0. The van der Waals surface area contributed by atoms with Crippen LogP contribution in [0.15, 0.2) is 10.6 Å². The number of carbonyl (C=O) groups excluding carboxylic acids is 1. The van der Waals surface area contributed by atoms with Gasteiger partial charge in [0.25, 0.3) is 0 Å². The van der Waals surface area contributed by atoms with Gasteiger partial charge in [0.15, 0.2) is 0 Å². The van der Waals surface area contributed by atoms with Crippen molar-refractivity contribution in [2.75, 3.05) is 19.6 Å². The van der Waals surface area contributed by atoms with Gasteiger partial charge in [0.1, 0.15) is 11.5 Å². The topological polar surface area (TPSA) is 125 Å².